The van der Waals surface area contributed by atoms with E-state index >= 15 is 0 Å². The molecule has 82 valence electrons. The van der Waals surface area contributed by atoms with Gasteiger partial charge in [-0.3, -0.25) is 9.59 Å². The second-order valence-electron chi connectivity index (χ2n) is 3.83. The lowest BCUT2D eigenvalue weighted by atomic mass is 9.95. The molecule has 1 atom stereocenters. The van der Waals surface area contributed by atoms with Crippen LogP contribution in [0.1, 0.15) is 20.8 Å². The third-order valence-electron chi connectivity index (χ3n) is 1.94. The molecule has 0 aromatic heterocycles. The van der Waals surface area contributed by atoms with Crippen LogP contribution in [-0.4, -0.2) is 30.8 Å². The fraction of sp³-hybridized carbons (Fsp3) is 0.778. The van der Waals surface area contributed by atoms with Crippen LogP contribution in [0.3, 0.4) is 0 Å². The van der Waals surface area contributed by atoms with Gasteiger partial charge >= 0.3 is 0 Å². The van der Waals surface area contributed by atoms with E-state index in [4.69, 9.17) is 11.6 Å². The minimum Gasteiger partial charge on any atom is -0.357 e. The van der Waals surface area contributed by atoms with Crippen LogP contribution < -0.4 is 10.6 Å². The highest BCUT2D eigenvalue weighted by atomic mass is 35.5. The lowest BCUT2D eigenvalue weighted by Crippen LogP contribution is -2.48. The van der Waals surface area contributed by atoms with Gasteiger partial charge in [0.05, 0.1) is 5.41 Å². The van der Waals surface area contributed by atoms with Gasteiger partial charge in [0.2, 0.25) is 11.8 Å². The van der Waals surface area contributed by atoms with Crippen molar-refractivity contribution in [2.24, 2.45) is 5.41 Å². The van der Waals surface area contributed by atoms with Gasteiger partial charge < -0.3 is 10.6 Å². The highest BCUT2D eigenvalue weighted by molar-refractivity contribution is 6.19. The topological polar surface area (TPSA) is 58.2 Å². The molecule has 14 heavy (non-hydrogen) atoms. The molecule has 0 fully saturated rings. The first kappa shape index (κ1) is 13.2. The third-order valence-corrected chi connectivity index (χ3v) is 2.60. The largest absolute Gasteiger partial charge is 0.357 e. The molecule has 0 aliphatic rings. The molecule has 2 N–H and O–H groups in total. The van der Waals surface area contributed by atoms with E-state index in [2.05, 4.69) is 10.6 Å². The van der Waals surface area contributed by atoms with Gasteiger partial charge in [-0.1, -0.05) is 0 Å². The molecule has 0 rings (SSSR count). The number of carbonyl (C=O) groups excluding carboxylic acids is 2. The second kappa shape index (κ2) is 5.20. The van der Waals surface area contributed by atoms with E-state index in [0.717, 1.165) is 0 Å². The first-order chi connectivity index (χ1) is 6.35. The second-order valence-corrected chi connectivity index (χ2v) is 4.09. The number of nitrogens with one attached hydrogen (secondary N) is 2. The molecule has 0 aromatic rings. The minimum atomic E-state index is -0.649. The molecule has 2 amide bonds. The number of alkyl halides is 1. The first-order valence-electron chi connectivity index (χ1n) is 4.43. The molecule has 0 aliphatic carbocycles. The molecule has 5 heteroatoms. The quantitative estimate of drug-likeness (QED) is 0.678. The molecule has 1 unspecified atom stereocenters. The van der Waals surface area contributed by atoms with Crippen LogP contribution in [0, 0.1) is 5.41 Å². The predicted molar refractivity (Wildman–Crippen MR) is 56.2 cm³/mol. The van der Waals surface area contributed by atoms with E-state index in [1.807, 2.05) is 0 Å². The average molecular weight is 221 g/mol. The van der Waals surface area contributed by atoms with Crippen molar-refractivity contribution >= 4 is 23.4 Å². The van der Waals surface area contributed by atoms with Gasteiger partial charge in [0.25, 0.3) is 0 Å². The molecule has 0 aromatic carbocycles. The summed E-state index contributed by atoms with van der Waals surface area (Å²) in [5.74, 6) is -0.216. The fourth-order valence-corrected chi connectivity index (χ4v) is 0.856. The SMILES string of the molecule is CNC(=O)C(C)NC(=O)C(C)(C)CCl. The summed E-state index contributed by atoms with van der Waals surface area (Å²) in [5.41, 5.74) is -0.649. The first-order valence-corrected chi connectivity index (χ1v) is 4.97. The van der Waals surface area contributed by atoms with Crippen molar-refractivity contribution in [3.8, 4) is 0 Å². The fourth-order valence-electron chi connectivity index (χ4n) is 0.735. The summed E-state index contributed by atoms with van der Waals surface area (Å²) in [6.07, 6.45) is 0. The summed E-state index contributed by atoms with van der Waals surface area (Å²) in [5, 5.41) is 5.04. The summed E-state index contributed by atoms with van der Waals surface area (Å²) in [6.45, 7) is 5.08. The zero-order valence-electron chi connectivity index (χ0n) is 8.98. The minimum absolute atomic E-state index is 0.219. The summed E-state index contributed by atoms with van der Waals surface area (Å²) in [6, 6.07) is -0.532. The van der Waals surface area contributed by atoms with Crippen LogP contribution in [0.4, 0.5) is 0 Å². The molecular formula is C9H17ClN2O2. The van der Waals surface area contributed by atoms with Crippen LogP contribution >= 0.6 is 11.6 Å². The molecule has 0 heterocycles. The summed E-state index contributed by atoms with van der Waals surface area (Å²) >= 11 is 5.62. The van der Waals surface area contributed by atoms with Gasteiger partial charge in [-0.2, -0.15) is 0 Å². The van der Waals surface area contributed by atoms with E-state index in [9.17, 15) is 9.59 Å². The summed E-state index contributed by atoms with van der Waals surface area (Å²) < 4.78 is 0. The maximum absolute atomic E-state index is 11.6. The zero-order chi connectivity index (χ0) is 11.4. The molecule has 4 nitrogen and oxygen atoms in total. The Balaban J connectivity index is 4.26. The Morgan fingerprint density at radius 1 is 1.43 bits per heavy atom. The van der Waals surface area contributed by atoms with Crippen LogP contribution in [0.5, 0.6) is 0 Å². The van der Waals surface area contributed by atoms with E-state index < -0.39 is 11.5 Å². The van der Waals surface area contributed by atoms with Gasteiger partial charge in [0.1, 0.15) is 6.04 Å². The average Bonchev–Trinajstić information content (AvgIpc) is 2.16. The number of amides is 2. The Labute approximate surface area is 89.4 Å². The maximum Gasteiger partial charge on any atom is 0.242 e. The van der Waals surface area contributed by atoms with Crippen LogP contribution in [0.2, 0.25) is 0 Å². The Bertz CT molecular complexity index is 229. The number of carbonyl (C=O) groups is 2. The Kier molecular flexibility index (Phi) is 4.91. The molecule has 0 saturated heterocycles. The third kappa shape index (κ3) is 3.54. The lowest BCUT2D eigenvalue weighted by molar-refractivity contribution is -0.132. The van der Waals surface area contributed by atoms with Crippen molar-refractivity contribution in [3.63, 3.8) is 0 Å². The molecular weight excluding hydrogens is 204 g/mol. The van der Waals surface area contributed by atoms with Crippen LogP contribution in [0.15, 0.2) is 0 Å². The van der Waals surface area contributed by atoms with Gasteiger partial charge in [-0.25, -0.2) is 0 Å². The molecule has 0 saturated carbocycles. The van der Waals surface area contributed by atoms with Gasteiger partial charge in [-0.05, 0) is 20.8 Å². The van der Waals surface area contributed by atoms with Gasteiger partial charge in [-0.15, -0.1) is 11.6 Å². The number of rotatable bonds is 4. The van der Waals surface area contributed by atoms with E-state index in [1.54, 1.807) is 20.8 Å². The zero-order valence-corrected chi connectivity index (χ0v) is 9.73. The molecule has 0 spiro atoms. The standard InChI is InChI=1S/C9H17ClN2O2/c1-6(7(13)11-4)12-8(14)9(2,3)5-10/h6H,5H2,1-4H3,(H,11,13)(H,12,14). The van der Waals surface area contributed by atoms with Crippen LogP contribution in [0.25, 0.3) is 0 Å². The monoisotopic (exact) mass is 220 g/mol. The normalized spacial score (nSPS) is 13.2. The van der Waals surface area contributed by atoms with Crippen molar-refractivity contribution in [2.75, 3.05) is 12.9 Å². The highest BCUT2D eigenvalue weighted by Crippen LogP contribution is 2.16. The van der Waals surface area contributed by atoms with Gasteiger partial charge in [0, 0.05) is 12.9 Å². The van der Waals surface area contributed by atoms with Crippen molar-refractivity contribution in [3.05, 3.63) is 0 Å². The number of likely N-dealkylation sites (N-methyl/N-ethyl adjacent to an activating group) is 1. The molecule has 0 bridgehead atoms. The Morgan fingerprint density at radius 3 is 2.29 bits per heavy atom. The van der Waals surface area contributed by atoms with Crippen molar-refractivity contribution in [1.82, 2.24) is 10.6 Å². The van der Waals surface area contributed by atoms with E-state index in [0.29, 0.717) is 0 Å². The van der Waals surface area contributed by atoms with E-state index in [-0.39, 0.29) is 17.7 Å². The molecule has 0 radical (unpaired) electrons. The summed E-state index contributed by atoms with van der Waals surface area (Å²) in [7, 11) is 1.53. The highest BCUT2D eigenvalue weighted by Gasteiger charge is 2.28. The van der Waals surface area contributed by atoms with Crippen LogP contribution in [-0.2, 0) is 9.59 Å². The molecule has 0 aliphatic heterocycles. The Hall–Kier alpha value is -0.770. The summed E-state index contributed by atoms with van der Waals surface area (Å²) in [4.78, 5) is 22.7. The lowest BCUT2D eigenvalue weighted by Gasteiger charge is -2.22. The van der Waals surface area contributed by atoms with Gasteiger partial charge in [0.15, 0.2) is 0 Å². The number of halogens is 1. The van der Waals surface area contributed by atoms with E-state index in [1.165, 1.54) is 7.05 Å². The number of hydrogen-bond donors (Lipinski definition) is 2. The smallest absolute Gasteiger partial charge is 0.242 e. The van der Waals surface area contributed by atoms with Crippen molar-refractivity contribution in [1.29, 1.82) is 0 Å². The van der Waals surface area contributed by atoms with Crippen molar-refractivity contribution < 1.29 is 9.59 Å². The Morgan fingerprint density at radius 2 is 1.93 bits per heavy atom. The number of hydrogen-bond acceptors (Lipinski definition) is 2. The predicted octanol–water partition coefficient (Wildman–Crippen LogP) is 0.502. The maximum atomic E-state index is 11.6. The van der Waals surface area contributed by atoms with Crippen molar-refractivity contribution in [2.45, 2.75) is 26.8 Å².